The van der Waals surface area contributed by atoms with Gasteiger partial charge in [0.15, 0.2) is 0 Å². The van der Waals surface area contributed by atoms with E-state index in [1.165, 1.54) is 38.5 Å². The smallest absolute Gasteiger partial charge is 0.309 e. The molecule has 2 aromatic carbocycles. The summed E-state index contributed by atoms with van der Waals surface area (Å²) >= 11 is 0. The monoisotopic (exact) mass is 602 g/mol. The molecule has 1 N–H and O–H groups in total. The summed E-state index contributed by atoms with van der Waals surface area (Å²) in [6, 6.07) is 16.2. The van der Waals surface area contributed by atoms with Gasteiger partial charge >= 0.3 is 5.97 Å². The number of ether oxygens (including phenoxy) is 2. The average molecular weight is 603 g/mol. The van der Waals surface area contributed by atoms with E-state index in [0.29, 0.717) is 18.4 Å². The number of hydrogen-bond acceptors (Lipinski definition) is 6. The van der Waals surface area contributed by atoms with Crippen LogP contribution >= 0.6 is 0 Å². The normalized spacial score (nSPS) is 18.8. The first kappa shape index (κ1) is 29.5. The Morgan fingerprint density at radius 2 is 1.40 bits per heavy atom. The van der Waals surface area contributed by atoms with Gasteiger partial charge in [-0.15, -0.1) is 0 Å². The van der Waals surface area contributed by atoms with E-state index in [0.717, 1.165) is 88.7 Å². The molecule has 7 heteroatoms. The topological polar surface area (TPSA) is 90.0 Å². The maximum absolute atomic E-state index is 12.3. The Bertz CT molecular complexity index is 1720. The lowest BCUT2D eigenvalue weighted by atomic mass is 9.94. The van der Waals surface area contributed by atoms with Crippen molar-refractivity contribution in [3.8, 4) is 17.1 Å². The quantitative estimate of drug-likeness (QED) is 0.0557. The van der Waals surface area contributed by atoms with Crippen LogP contribution < -0.4 is 4.74 Å². The van der Waals surface area contributed by atoms with Crippen LogP contribution in [0.2, 0.25) is 0 Å². The number of imidazole rings is 1. The van der Waals surface area contributed by atoms with Crippen molar-refractivity contribution in [1.29, 1.82) is 0 Å². The molecule has 5 aromatic rings. The molecule has 0 unspecified atom stereocenters. The van der Waals surface area contributed by atoms with Gasteiger partial charge in [0.25, 0.3) is 0 Å². The number of fused-ring (bicyclic) bond motifs is 8. The molecule has 3 atom stereocenters. The van der Waals surface area contributed by atoms with Crippen molar-refractivity contribution in [2.24, 2.45) is 17.8 Å². The van der Waals surface area contributed by atoms with Crippen molar-refractivity contribution in [2.45, 2.75) is 70.6 Å². The molecule has 3 heterocycles. The van der Waals surface area contributed by atoms with Gasteiger partial charge in [-0.3, -0.25) is 14.8 Å². The van der Waals surface area contributed by atoms with Crippen LogP contribution in [0.5, 0.6) is 5.75 Å². The Morgan fingerprint density at radius 3 is 2.09 bits per heavy atom. The predicted octanol–water partition coefficient (Wildman–Crippen LogP) is 8.97. The molecule has 7 nitrogen and oxygen atoms in total. The summed E-state index contributed by atoms with van der Waals surface area (Å²) in [5.41, 5.74) is 4.67. The van der Waals surface area contributed by atoms with Gasteiger partial charge in [-0.25, -0.2) is 4.98 Å². The summed E-state index contributed by atoms with van der Waals surface area (Å²) in [7, 11) is 0. The van der Waals surface area contributed by atoms with Crippen molar-refractivity contribution in [1.82, 2.24) is 19.9 Å². The number of pyridine rings is 2. The minimum atomic E-state index is 0.0367. The molecule has 232 valence electrons. The third-order valence-electron chi connectivity index (χ3n) is 9.58. The van der Waals surface area contributed by atoms with Gasteiger partial charge in [-0.05, 0) is 86.1 Å². The summed E-state index contributed by atoms with van der Waals surface area (Å²) in [5.74, 6) is 2.93. The largest absolute Gasteiger partial charge is 0.494 e. The second-order valence-electron chi connectivity index (χ2n) is 12.7. The molecule has 0 aliphatic heterocycles. The van der Waals surface area contributed by atoms with Gasteiger partial charge in [0.2, 0.25) is 0 Å². The number of aromatic nitrogens is 4. The number of carbonyl (C=O) groups excluding carboxylic acids is 1. The second kappa shape index (κ2) is 13.8. The Kier molecular flexibility index (Phi) is 9.03. The lowest BCUT2D eigenvalue weighted by Crippen LogP contribution is -2.21. The number of hydrogen-bond donors (Lipinski definition) is 1. The molecule has 0 spiro atoms. The Labute approximate surface area is 264 Å². The molecule has 0 amide bonds. The first-order valence-electron chi connectivity index (χ1n) is 16.8. The molecular formula is C38H42N4O3. The number of nitrogens with one attached hydrogen (secondary N) is 1. The number of carbonyl (C=O) groups is 1. The number of esters is 1. The van der Waals surface area contributed by atoms with E-state index in [4.69, 9.17) is 14.5 Å². The second-order valence-corrected chi connectivity index (χ2v) is 12.7. The van der Waals surface area contributed by atoms with Gasteiger partial charge in [0.1, 0.15) is 11.6 Å². The molecule has 7 rings (SSSR count). The molecule has 2 aliphatic carbocycles. The van der Waals surface area contributed by atoms with Crippen molar-refractivity contribution in [3.05, 3.63) is 73.1 Å². The fourth-order valence-electron chi connectivity index (χ4n) is 7.15. The Balaban J connectivity index is 0.780. The standard InChI is InChI=1S/C38H42N4O3/c43-38(32-25-26-14-15-28(32)24-26)45-23-9-7-5-3-1-2-4-6-8-22-44-29-18-16-27(17-19-29)37-41-35-30-12-10-20-39-33(30)34-31(36(35)42-37)13-11-21-40-34/h10-21,26,28,32H,1-9,22-25H2,(H,41,42)/t26-,28+,32+/m0/s1. The van der Waals surface area contributed by atoms with Gasteiger partial charge in [0.05, 0.1) is 41.2 Å². The maximum Gasteiger partial charge on any atom is 0.309 e. The minimum Gasteiger partial charge on any atom is -0.494 e. The third kappa shape index (κ3) is 6.58. The van der Waals surface area contributed by atoms with Gasteiger partial charge < -0.3 is 14.5 Å². The Morgan fingerprint density at radius 1 is 0.733 bits per heavy atom. The first-order valence-corrected chi connectivity index (χ1v) is 16.8. The van der Waals surface area contributed by atoms with E-state index in [9.17, 15) is 4.79 Å². The summed E-state index contributed by atoms with van der Waals surface area (Å²) in [6.45, 7) is 1.32. The van der Waals surface area contributed by atoms with E-state index < -0.39 is 0 Å². The highest BCUT2D eigenvalue weighted by atomic mass is 16.5. The average Bonchev–Trinajstić information content (AvgIpc) is 3.84. The lowest BCUT2D eigenvalue weighted by molar-refractivity contribution is -0.149. The number of rotatable bonds is 15. The highest BCUT2D eigenvalue weighted by Crippen LogP contribution is 2.44. The lowest BCUT2D eigenvalue weighted by Gasteiger charge is -2.16. The van der Waals surface area contributed by atoms with Crippen LogP contribution in [0.15, 0.2) is 73.1 Å². The molecule has 2 aliphatic rings. The molecule has 1 fully saturated rings. The summed E-state index contributed by atoms with van der Waals surface area (Å²) < 4.78 is 11.6. The highest BCUT2D eigenvalue weighted by Gasteiger charge is 2.40. The van der Waals surface area contributed by atoms with Crippen LogP contribution in [-0.4, -0.2) is 39.1 Å². The van der Waals surface area contributed by atoms with E-state index in [-0.39, 0.29) is 11.9 Å². The highest BCUT2D eigenvalue weighted by molar-refractivity contribution is 6.21. The zero-order chi connectivity index (χ0) is 30.4. The SMILES string of the molecule is O=C(OCCCCCCCCCCCOc1ccc(-c2nc3c4cccnc4c4ncccc4c3[nH]2)cc1)[C@@H]1C[C@H]2C=C[C@@H]1C2. The van der Waals surface area contributed by atoms with E-state index in [1.807, 2.05) is 30.5 Å². The fraction of sp³-hybridized carbons (Fsp3) is 0.421. The third-order valence-corrected chi connectivity index (χ3v) is 9.58. The van der Waals surface area contributed by atoms with Crippen LogP contribution in [0.3, 0.4) is 0 Å². The van der Waals surface area contributed by atoms with E-state index >= 15 is 0 Å². The molecule has 45 heavy (non-hydrogen) atoms. The predicted molar refractivity (Wildman–Crippen MR) is 179 cm³/mol. The van der Waals surface area contributed by atoms with E-state index in [2.05, 4.69) is 51.4 Å². The maximum atomic E-state index is 12.3. The van der Waals surface area contributed by atoms with Crippen LogP contribution in [0.4, 0.5) is 0 Å². The zero-order valence-electron chi connectivity index (χ0n) is 25.9. The fourth-order valence-corrected chi connectivity index (χ4v) is 7.15. The molecule has 3 aromatic heterocycles. The Hall–Kier alpha value is -4.26. The number of benzene rings is 2. The molecule has 0 saturated heterocycles. The van der Waals surface area contributed by atoms with Crippen LogP contribution in [-0.2, 0) is 9.53 Å². The van der Waals surface area contributed by atoms with Gasteiger partial charge in [0, 0.05) is 28.7 Å². The molecule has 1 saturated carbocycles. The summed E-state index contributed by atoms with van der Waals surface area (Å²) in [4.78, 5) is 30.0. The summed E-state index contributed by atoms with van der Waals surface area (Å²) in [5, 5.41) is 2.02. The van der Waals surface area contributed by atoms with Crippen LogP contribution in [0.25, 0.3) is 44.2 Å². The van der Waals surface area contributed by atoms with Crippen molar-refractivity contribution in [3.63, 3.8) is 0 Å². The zero-order valence-corrected chi connectivity index (χ0v) is 25.9. The van der Waals surface area contributed by atoms with E-state index in [1.54, 1.807) is 6.20 Å². The molecule has 0 radical (unpaired) electrons. The summed E-state index contributed by atoms with van der Waals surface area (Å²) in [6.07, 6.45) is 20.9. The minimum absolute atomic E-state index is 0.0367. The number of aromatic amines is 1. The van der Waals surface area contributed by atoms with Gasteiger partial charge in [-0.2, -0.15) is 0 Å². The number of allylic oxidation sites excluding steroid dienone is 2. The number of H-pyrrole nitrogens is 1. The first-order chi connectivity index (χ1) is 22.2. The van der Waals surface area contributed by atoms with Crippen molar-refractivity contribution < 1.29 is 14.3 Å². The van der Waals surface area contributed by atoms with Crippen molar-refractivity contribution >= 4 is 38.8 Å². The van der Waals surface area contributed by atoms with Crippen LogP contribution in [0.1, 0.15) is 70.6 Å². The molecular weight excluding hydrogens is 560 g/mol. The van der Waals surface area contributed by atoms with Gasteiger partial charge in [-0.1, -0.05) is 57.1 Å². The van der Waals surface area contributed by atoms with Crippen LogP contribution in [0, 0.1) is 17.8 Å². The van der Waals surface area contributed by atoms with Crippen molar-refractivity contribution in [2.75, 3.05) is 13.2 Å². The molecule has 2 bridgehead atoms. The number of nitrogens with zero attached hydrogens (tertiary/aromatic N) is 3. The number of unbranched alkanes of at least 4 members (excludes halogenated alkanes) is 8.